The van der Waals surface area contributed by atoms with Crippen LogP contribution in [0, 0.1) is 5.92 Å². The van der Waals surface area contributed by atoms with E-state index < -0.39 is 0 Å². The van der Waals surface area contributed by atoms with Gasteiger partial charge in [0.1, 0.15) is 0 Å². The van der Waals surface area contributed by atoms with E-state index in [4.69, 9.17) is 0 Å². The topological polar surface area (TPSA) is 9.86 Å². The van der Waals surface area contributed by atoms with E-state index in [9.17, 15) is 0 Å². The molecule has 50 heavy (non-hydrogen) atoms. The predicted molar refractivity (Wildman–Crippen MR) is 212 cm³/mol. The molecule has 0 spiro atoms. The Hall–Kier alpha value is -5.60. The van der Waals surface area contributed by atoms with Crippen LogP contribution in [0.4, 0.5) is 0 Å². The van der Waals surface area contributed by atoms with Crippen LogP contribution in [0.5, 0.6) is 0 Å². The average Bonchev–Trinajstić information content (AvgIpc) is 3.71. The van der Waals surface area contributed by atoms with Crippen molar-refractivity contribution >= 4 is 45.2 Å². The monoisotopic (exact) mass is 644 g/mol. The minimum Gasteiger partial charge on any atom is -0.317 e. The molecule has 10 rings (SSSR count). The molecule has 2 nitrogen and oxygen atoms in total. The van der Waals surface area contributed by atoms with Crippen LogP contribution in [0.25, 0.3) is 62.0 Å². The normalized spacial score (nSPS) is 18.2. The van der Waals surface area contributed by atoms with Crippen LogP contribution in [0.2, 0.25) is 0 Å². The van der Waals surface area contributed by atoms with Gasteiger partial charge in [0.05, 0.1) is 11.0 Å². The molecule has 4 aromatic carbocycles. The molecule has 0 N–H and O–H groups in total. The molecule has 0 saturated carbocycles. The third kappa shape index (κ3) is 4.85. The lowest BCUT2D eigenvalue weighted by molar-refractivity contribution is 0.702. The van der Waals surface area contributed by atoms with Gasteiger partial charge < -0.3 is 9.13 Å². The van der Waals surface area contributed by atoms with Crippen molar-refractivity contribution in [3.8, 4) is 16.8 Å². The second kappa shape index (κ2) is 12.1. The van der Waals surface area contributed by atoms with E-state index in [0.717, 1.165) is 44.9 Å². The van der Waals surface area contributed by atoms with Gasteiger partial charge in [0.2, 0.25) is 0 Å². The standard InChI is InChI=1S/C48H40N2/c1-3-12-33(13-4-1)34-22-24-35(25-23-34)36-14-11-17-40(30-36)50-46-21-10-8-19-42(46)44-32-38(27-29-48(44)50)37-26-28-47-43(31-37)41-18-7-9-20-45(41)49(47)39-15-5-2-6-16-39/h1-6,8-9,11-17,19-20,22,24,26-29,31-32,36H,7,10,18,21,23,25,30H2. The number of rotatable bonds is 5. The van der Waals surface area contributed by atoms with Crippen molar-refractivity contribution < 1.29 is 0 Å². The highest BCUT2D eigenvalue weighted by molar-refractivity contribution is 5.99. The van der Waals surface area contributed by atoms with Gasteiger partial charge in [0.15, 0.2) is 0 Å². The zero-order valence-corrected chi connectivity index (χ0v) is 28.4. The van der Waals surface area contributed by atoms with Crippen LogP contribution >= 0.6 is 0 Å². The summed E-state index contributed by atoms with van der Waals surface area (Å²) in [5.41, 5.74) is 17.8. The third-order valence-corrected chi connectivity index (χ3v) is 11.4. The quantitative estimate of drug-likeness (QED) is 0.177. The SMILES string of the molecule is C1=CC(C2=CC=C(c3ccccc3)CC2)CC(n2c3c(c4cc(-c5ccc6c(c5)c5c(n6-c6ccccc6)C=CCC5)ccc42)C=CCC3)=C1. The van der Waals surface area contributed by atoms with Crippen molar-refractivity contribution in [3.05, 3.63) is 173 Å². The number of fused-ring (bicyclic) bond motifs is 6. The van der Waals surface area contributed by atoms with E-state index in [-0.39, 0.29) is 0 Å². The predicted octanol–water partition coefficient (Wildman–Crippen LogP) is 12.4. The van der Waals surface area contributed by atoms with Gasteiger partial charge in [0.25, 0.3) is 0 Å². The summed E-state index contributed by atoms with van der Waals surface area (Å²) in [5.74, 6) is 0.436. The minimum absolute atomic E-state index is 0.436. The van der Waals surface area contributed by atoms with Crippen LogP contribution < -0.4 is 0 Å². The van der Waals surface area contributed by atoms with Crippen molar-refractivity contribution in [2.75, 3.05) is 0 Å². The number of hydrogen-bond donors (Lipinski definition) is 0. The lowest BCUT2D eigenvalue weighted by Crippen LogP contribution is -2.12. The first kappa shape index (κ1) is 29.3. The molecule has 0 aliphatic heterocycles. The van der Waals surface area contributed by atoms with Crippen molar-refractivity contribution in [1.29, 1.82) is 0 Å². The molecule has 0 amide bonds. The molecular formula is C48H40N2. The summed E-state index contributed by atoms with van der Waals surface area (Å²) in [6, 6.07) is 36.0. The van der Waals surface area contributed by atoms with Crippen molar-refractivity contribution in [1.82, 2.24) is 9.13 Å². The molecule has 0 bridgehead atoms. The molecule has 4 aliphatic rings. The number of benzene rings is 4. The highest BCUT2D eigenvalue weighted by Crippen LogP contribution is 2.42. The zero-order valence-electron chi connectivity index (χ0n) is 28.4. The summed E-state index contributed by atoms with van der Waals surface area (Å²) in [7, 11) is 0. The maximum absolute atomic E-state index is 2.61. The van der Waals surface area contributed by atoms with Crippen molar-refractivity contribution in [2.24, 2.45) is 5.92 Å². The van der Waals surface area contributed by atoms with E-state index >= 15 is 0 Å². The third-order valence-electron chi connectivity index (χ3n) is 11.4. The van der Waals surface area contributed by atoms with Gasteiger partial charge in [-0.3, -0.25) is 0 Å². The van der Waals surface area contributed by atoms with Gasteiger partial charge in [0, 0.05) is 45.0 Å². The number of allylic oxidation sites excluding steroid dienone is 10. The molecule has 1 unspecified atom stereocenters. The zero-order chi connectivity index (χ0) is 33.0. The number of para-hydroxylation sites is 1. The first-order chi connectivity index (χ1) is 24.8. The van der Waals surface area contributed by atoms with Crippen LogP contribution in [0.1, 0.15) is 60.2 Å². The number of hydrogen-bond acceptors (Lipinski definition) is 0. The van der Waals surface area contributed by atoms with Crippen molar-refractivity contribution in [2.45, 2.75) is 44.9 Å². The number of aryl methyl sites for hydroxylation is 1. The number of aromatic nitrogens is 2. The number of nitrogens with zero attached hydrogens (tertiary/aromatic N) is 2. The minimum atomic E-state index is 0.436. The molecule has 2 heterocycles. The lowest BCUT2D eigenvalue weighted by Gasteiger charge is -2.26. The highest BCUT2D eigenvalue weighted by atomic mass is 15.0. The Balaban J connectivity index is 1.02. The molecule has 0 radical (unpaired) electrons. The fourth-order valence-corrected chi connectivity index (χ4v) is 8.94. The summed E-state index contributed by atoms with van der Waals surface area (Å²) in [4.78, 5) is 0. The molecule has 2 heteroatoms. The molecule has 1 atom stereocenters. The first-order valence-electron chi connectivity index (χ1n) is 18.4. The summed E-state index contributed by atoms with van der Waals surface area (Å²) < 4.78 is 5.05. The first-order valence-corrected chi connectivity index (χ1v) is 18.4. The second-order valence-corrected chi connectivity index (χ2v) is 14.2. The average molecular weight is 645 g/mol. The van der Waals surface area contributed by atoms with Gasteiger partial charge >= 0.3 is 0 Å². The van der Waals surface area contributed by atoms with E-state index in [0.29, 0.717) is 5.92 Å². The van der Waals surface area contributed by atoms with Gasteiger partial charge in [-0.15, -0.1) is 0 Å². The molecule has 2 aromatic heterocycles. The van der Waals surface area contributed by atoms with E-state index in [2.05, 4.69) is 161 Å². The van der Waals surface area contributed by atoms with E-state index in [1.165, 1.54) is 78.0 Å². The molecule has 0 fully saturated rings. The Morgan fingerprint density at radius 3 is 2.12 bits per heavy atom. The van der Waals surface area contributed by atoms with E-state index in [1.807, 2.05) is 0 Å². The lowest BCUT2D eigenvalue weighted by atomic mass is 9.83. The summed E-state index contributed by atoms with van der Waals surface area (Å²) in [6.45, 7) is 0. The Bertz CT molecular complexity index is 2490. The molecule has 0 saturated heterocycles. The second-order valence-electron chi connectivity index (χ2n) is 14.2. The Labute approximate surface area is 294 Å². The largest absolute Gasteiger partial charge is 0.317 e. The molecular weight excluding hydrogens is 605 g/mol. The summed E-state index contributed by atoms with van der Waals surface area (Å²) in [5, 5.41) is 2.73. The van der Waals surface area contributed by atoms with Crippen LogP contribution in [-0.2, 0) is 12.8 Å². The smallest absolute Gasteiger partial charge is 0.0538 e. The Morgan fingerprint density at radius 1 is 0.580 bits per heavy atom. The summed E-state index contributed by atoms with van der Waals surface area (Å²) >= 11 is 0. The highest BCUT2D eigenvalue weighted by Gasteiger charge is 2.25. The van der Waals surface area contributed by atoms with Gasteiger partial charge in [-0.05, 0) is 121 Å². The van der Waals surface area contributed by atoms with Gasteiger partial charge in [-0.1, -0.05) is 109 Å². The molecule has 4 aliphatic carbocycles. The van der Waals surface area contributed by atoms with Crippen LogP contribution in [0.15, 0.2) is 145 Å². The van der Waals surface area contributed by atoms with Crippen LogP contribution in [-0.4, -0.2) is 9.13 Å². The van der Waals surface area contributed by atoms with E-state index in [1.54, 1.807) is 5.57 Å². The molecule has 6 aromatic rings. The maximum Gasteiger partial charge on any atom is 0.0538 e. The van der Waals surface area contributed by atoms with Crippen LogP contribution in [0.3, 0.4) is 0 Å². The van der Waals surface area contributed by atoms with Crippen molar-refractivity contribution in [3.63, 3.8) is 0 Å². The van der Waals surface area contributed by atoms with Gasteiger partial charge in [-0.25, -0.2) is 0 Å². The fourth-order valence-electron chi connectivity index (χ4n) is 8.94. The fraction of sp³-hybridized carbons (Fsp3) is 0.167. The maximum atomic E-state index is 2.61. The molecule has 242 valence electrons. The Kier molecular flexibility index (Phi) is 7.08. The summed E-state index contributed by atoms with van der Waals surface area (Å²) in [6.07, 6.45) is 28.8. The Morgan fingerprint density at radius 2 is 1.32 bits per heavy atom. The van der Waals surface area contributed by atoms with Gasteiger partial charge in [-0.2, -0.15) is 0 Å².